The number of nitrogen functional groups attached to an aromatic ring is 1. The summed E-state index contributed by atoms with van der Waals surface area (Å²) >= 11 is 5.80. The van der Waals surface area contributed by atoms with Gasteiger partial charge in [-0.25, -0.2) is 4.98 Å². The maximum absolute atomic E-state index is 5.80. The third-order valence-electron chi connectivity index (χ3n) is 1.92. The van der Waals surface area contributed by atoms with E-state index < -0.39 is 0 Å². The summed E-state index contributed by atoms with van der Waals surface area (Å²) in [6.07, 6.45) is 2.25. The van der Waals surface area contributed by atoms with Crippen molar-refractivity contribution in [1.29, 1.82) is 0 Å². The molecule has 1 aromatic heterocycles. The van der Waals surface area contributed by atoms with E-state index in [-0.39, 0.29) is 0 Å². The summed E-state index contributed by atoms with van der Waals surface area (Å²) in [7, 11) is 1.64. The normalized spacial score (nSPS) is 10.5. The van der Waals surface area contributed by atoms with Crippen LogP contribution in [-0.4, -0.2) is 31.9 Å². The lowest BCUT2D eigenvalue weighted by molar-refractivity contribution is 0.0723. The lowest BCUT2D eigenvalue weighted by Gasteiger charge is -2.06. The molecule has 0 fully saturated rings. The molecule has 0 unspecified atom stereocenters. The number of rotatable bonds is 6. The fourth-order valence-corrected chi connectivity index (χ4v) is 1.30. The summed E-state index contributed by atoms with van der Waals surface area (Å²) in [6.45, 7) is 1.78. The van der Waals surface area contributed by atoms with Crippen molar-refractivity contribution in [1.82, 2.24) is 4.98 Å². The van der Waals surface area contributed by atoms with Crippen LogP contribution >= 0.6 is 11.6 Å². The number of nitrogens with two attached hydrogens (primary N) is 1. The van der Waals surface area contributed by atoms with Gasteiger partial charge in [-0.2, -0.15) is 0 Å². The summed E-state index contributed by atoms with van der Waals surface area (Å²) in [4.78, 5) is 3.96. The van der Waals surface area contributed by atoms with Gasteiger partial charge in [0.15, 0.2) is 0 Å². The number of ether oxygens (including phenoxy) is 2. The molecule has 0 saturated heterocycles. The molecule has 0 aliphatic carbocycles. The average molecular weight is 231 g/mol. The van der Waals surface area contributed by atoms with E-state index in [9.17, 15) is 0 Å². The molecule has 0 amide bonds. The molecule has 0 aromatic carbocycles. The minimum absolute atomic E-state index is 0.509. The Kier molecular flexibility index (Phi) is 5.39. The van der Waals surface area contributed by atoms with E-state index in [1.54, 1.807) is 7.11 Å². The monoisotopic (exact) mass is 230 g/mol. The van der Waals surface area contributed by atoms with Crippen LogP contribution in [0, 0.1) is 0 Å². The second-order valence-corrected chi connectivity index (χ2v) is 3.49. The molecule has 1 heterocycles. The molecule has 15 heavy (non-hydrogen) atoms. The predicted molar refractivity (Wildman–Crippen MR) is 60.1 cm³/mol. The largest absolute Gasteiger partial charge is 0.383 e. The first-order valence-electron chi connectivity index (χ1n) is 4.70. The van der Waals surface area contributed by atoms with Crippen molar-refractivity contribution < 1.29 is 9.47 Å². The first-order chi connectivity index (χ1) is 7.24. The highest BCUT2D eigenvalue weighted by atomic mass is 35.5. The summed E-state index contributed by atoms with van der Waals surface area (Å²) in [6, 6.07) is 1.81. The second kappa shape index (κ2) is 6.61. The van der Waals surface area contributed by atoms with Crippen LogP contribution in [0.2, 0.25) is 5.02 Å². The second-order valence-electron chi connectivity index (χ2n) is 3.05. The number of halogens is 1. The molecule has 1 rings (SSSR count). The molecule has 0 aliphatic heterocycles. The van der Waals surface area contributed by atoms with Gasteiger partial charge in [0.1, 0.15) is 5.82 Å². The van der Waals surface area contributed by atoms with Crippen molar-refractivity contribution in [3.8, 4) is 0 Å². The van der Waals surface area contributed by atoms with Crippen LogP contribution in [0.25, 0.3) is 0 Å². The number of anilines is 1. The number of aromatic nitrogens is 1. The topological polar surface area (TPSA) is 57.4 Å². The third-order valence-corrected chi connectivity index (χ3v) is 2.12. The molecule has 1 aromatic rings. The molecular weight excluding hydrogens is 216 g/mol. The Morgan fingerprint density at radius 3 is 2.93 bits per heavy atom. The fraction of sp³-hybridized carbons (Fsp3) is 0.500. The van der Waals surface area contributed by atoms with E-state index in [1.165, 1.54) is 6.20 Å². The van der Waals surface area contributed by atoms with Crippen molar-refractivity contribution in [3.63, 3.8) is 0 Å². The molecule has 0 atom stereocenters. The molecule has 2 N–H and O–H groups in total. The molecule has 0 bridgehead atoms. The van der Waals surface area contributed by atoms with Crippen LogP contribution in [0.1, 0.15) is 5.56 Å². The van der Waals surface area contributed by atoms with Crippen LogP contribution in [-0.2, 0) is 15.9 Å². The zero-order chi connectivity index (χ0) is 11.1. The van der Waals surface area contributed by atoms with Gasteiger partial charge >= 0.3 is 0 Å². The first-order valence-corrected chi connectivity index (χ1v) is 5.08. The van der Waals surface area contributed by atoms with E-state index in [0.29, 0.717) is 37.1 Å². The first kappa shape index (κ1) is 12.2. The number of pyridine rings is 1. The molecule has 0 saturated carbocycles. The van der Waals surface area contributed by atoms with Crippen molar-refractivity contribution >= 4 is 17.4 Å². The van der Waals surface area contributed by atoms with E-state index in [1.807, 2.05) is 6.07 Å². The Bertz CT molecular complexity index is 307. The van der Waals surface area contributed by atoms with E-state index in [2.05, 4.69) is 4.98 Å². The number of methoxy groups -OCH3 is 1. The highest BCUT2D eigenvalue weighted by Crippen LogP contribution is 2.15. The predicted octanol–water partition coefficient (Wildman–Crippen LogP) is 1.52. The number of hydrogen-bond donors (Lipinski definition) is 1. The van der Waals surface area contributed by atoms with E-state index >= 15 is 0 Å². The Labute approximate surface area is 94.3 Å². The van der Waals surface area contributed by atoms with Crippen molar-refractivity contribution in [2.45, 2.75) is 6.42 Å². The maximum Gasteiger partial charge on any atom is 0.126 e. The van der Waals surface area contributed by atoms with Crippen LogP contribution < -0.4 is 5.73 Å². The summed E-state index contributed by atoms with van der Waals surface area (Å²) in [5, 5.41) is 0.594. The van der Waals surface area contributed by atoms with Crippen LogP contribution in [0.5, 0.6) is 0 Å². The Morgan fingerprint density at radius 2 is 2.20 bits per heavy atom. The molecular formula is C10H15ClN2O2. The van der Waals surface area contributed by atoms with Gasteiger partial charge in [0.05, 0.1) is 24.8 Å². The third kappa shape index (κ3) is 4.46. The molecule has 0 aliphatic rings. The van der Waals surface area contributed by atoms with Gasteiger partial charge < -0.3 is 15.2 Å². The minimum Gasteiger partial charge on any atom is -0.383 e. The molecule has 0 radical (unpaired) electrons. The lowest BCUT2D eigenvalue weighted by Crippen LogP contribution is -2.06. The van der Waals surface area contributed by atoms with Crippen LogP contribution in [0.3, 0.4) is 0 Å². The van der Waals surface area contributed by atoms with Gasteiger partial charge in [-0.3, -0.25) is 0 Å². The highest BCUT2D eigenvalue weighted by Gasteiger charge is 2.01. The van der Waals surface area contributed by atoms with Crippen molar-refractivity contribution in [2.75, 3.05) is 32.7 Å². The smallest absolute Gasteiger partial charge is 0.126 e. The quantitative estimate of drug-likeness (QED) is 0.753. The van der Waals surface area contributed by atoms with Crippen LogP contribution in [0.4, 0.5) is 5.82 Å². The standard InChI is InChI=1S/C10H15ClN2O2/c1-14-4-5-15-3-2-8-6-9(11)7-13-10(8)12/h6-7H,2-5H2,1H3,(H2,12,13). The van der Waals surface area contributed by atoms with Gasteiger partial charge in [0.2, 0.25) is 0 Å². The molecule has 5 heteroatoms. The molecule has 0 spiro atoms. The van der Waals surface area contributed by atoms with Crippen molar-refractivity contribution in [2.24, 2.45) is 0 Å². The van der Waals surface area contributed by atoms with Crippen LogP contribution in [0.15, 0.2) is 12.3 Å². The zero-order valence-electron chi connectivity index (χ0n) is 8.70. The van der Waals surface area contributed by atoms with E-state index in [4.69, 9.17) is 26.8 Å². The van der Waals surface area contributed by atoms with Gasteiger partial charge in [0, 0.05) is 13.3 Å². The average Bonchev–Trinajstić information content (AvgIpc) is 2.23. The lowest BCUT2D eigenvalue weighted by atomic mass is 10.2. The maximum atomic E-state index is 5.80. The van der Waals surface area contributed by atoms with Gasteiger partial charge in [-0.15, -0.1) is 0 Å². The fourth-order valence-electron chi connectivity index (χ4n) is 1.12. The Hall–Kier alpha value is -0.840. The van der Waals surface area contributed by atoms with Gasteiger partial charge in [-0.05, 0) is 18.1 Å². The Morgan fingerprint density at radius 1 is 1.40 bits per heavy atom. The summed E-state index contributed by atoms with van der Waals surface area (Å²) in [5.74, 6) is 0.509. The zero-order valence-corrected chi connectivity index (χ0v) is 9.46. The summed E-state index contributed by atoms with van der Waals surface area (Å²) in [5.41, 5.74) is 6.60. The minimum atomic E-state index is 0.509. The molecule has 84 valence electrons. The summed E-state index contributed by atoms with van der Waals surface area (Å²) < 4.78 is 10.2. The van der Waals surface area contributed by atoms with Crippen molar-refractivity contribution in [3.05, 3.63) is 22.8 Å². The van der Waals surface area contributed by atoms with E-state index in [0.717, 1.165) is 5.56 Å². The number of hydrogen-bond acceptors (Lipinski definition) is 4. The van der Waals surface area contributed by atoms with Gasteiger partial charge in [0.25, 0.3) is 0 Å². The Balaban J connectivity index is 2.33. The SMILES string of the molecule is COCCOCCc1cc(Cl)cnc1N. The van der Waals surface area contributed by atoms with Gasteiger partial charge in [-0.1, -0.05) is 11.6 Å². The molecule has 4 nitrogen and oxygen atoms in total. The highest BCUT2D eigenvalue weighted by molar-refractivity contribution is 6.30. The number of nitrogens with zero attached hydrogens (tertiary/aromatic N) is 1.